The zero-order chi connectivity index (χ0) is 20.3. The minimum absolute atomic E-state index is 0.305. The number of thioether (sulfide) groups is 1. The van der Waals surface area contributed by atoms with E-state index in [2.05, 4.69) is 5.32 Å². The first-order chi connectivity index (χ1) is 14.2. The molecule has 3 rings (SSSR count). The Kier molecular flexibility index (Phi) is 8.01. The van der Waals surface area contributed by atoms with Gasteiger partial charge in [0.1, 0.15) is 0 Å². The average molecular weight is 413 g/mol. The molecule has 0 bridgehead atoms. The van der Waals surface area contributed by atoms with Crippen LogP contribution in [-0.4, -0.2) is 44.0 Å². The monoisotopic (exact) mass is 413 g/mol. The van der Waals surface area contributed by atoms with Crippen LogP contribution in [-0.2, 0) is 14.3 Å². The summed E-state index contributed by atoms with van der Waals surface area (Å²) < 4.78 is 16.2. The lowest BCUT2D eigenvalue weighted by Gasteiger charge is -2.07. The quantitative estimate of drug-likeness (QED) is 0.310. The molecule has 152 valence electrons. The van der Waals surface area contributed by atoms with E-state index in [-0.39, 0.29) is 12.5 Å². The molecule has 1 N–H and O–H groups in total. The van der Waals surface area contributed by atoms with Gasteiger partial charge in [0.15, 0.2) is 18.1 Å². The van der Waals surface area contributed by atoms with E-state index < -0.39 is 5.97 Å². The van der Waals surface area contributed by atoms with Crippen molar-refractivity contribution in [2.24, 2.45) is 0 Å². The van der Waals surface area contributed by atoms with E-state index in [0.717, 1.165) is 22.6 Å². The first-order valence-corrected chi connectivity index (χ1v) is 10.4. The highest BCUT2D eigenvalue weighted by Gasteiger charge is 2.10. The van der Waals surface area contributed by atoms with E-state index in [1.165, 1.54) is 6.08 Å². The molecule has 1 amide bonds. The zero-order valence-electron chi connectivity index (χ0n) is 16.0. The van der Waals surface area contributed by atoms with Gasteiger partial charge in [-0.15, -0.1) is 11.8 Å². The molecule has 1 aliphatic heterocycles. The van der Waals surface area contributed by atoms with Crippen LogP contribution in [0.3, 0.4) is 0 Å². The Morgan fingerprint density at radius 3 is 2.69 bits per heavy atom. The highest BCUT2D eigenvalue weighted by molar-refractivity contribution is 7.99. The molecule has 0 aromatic heterocycles. The predicted molar refractivity (Wildman–Crippen MR) is 112 cm³/mol. The molecule has 0 atom stereocenters. The van der Waals surface area contributed by atoms with Crippen molar-refractivity contribution >= 4 is 29.7 Å². The number of hydrogen-bond acceptors (Lipinski definition) is 6. The summed E-state index contributed by atoms with van der Waals surface area (Å²) in [4.78, 5) is 24.8. The SMILES string of the molecule is O=C(COC(=O)/C=C/c1ccc2c(c1)OCCCO2)NCCSc1ccccc1. The highest BCUT2D eigenvalue weighted by atomic mass is 32.2. The number of carbonyl (C=O) groups excluding carboxylic acids is 2. The Balaban J connectivity index is 1.36. The van der Waals surface area contributed by atoms with Crippen molar-refractivity contribution < 1.29 is 23.8 Å². The molecule has 2 aromatic carbocycles. The Morgan fingerprint density at radius 2 is 1.86 bits per heavy atom. The second-order valence-electron chi connectivity index (χ2n) is 6.21. The largest absolute Gasteiger partial charge is 0.490 e. The fourth-order valence-electron chi connectivity index (χ4n) is 2.56. The number of carbonyl (C=O) groups is 2. The van der Waals surface area contributed by atoms with Gasteiger partial charge in [0.05, 0.1) is 13.2 Å². The third kappa shape index (κ3) is 7.19. The number of amides is 1. The summed E-state index contributed by atoms with van der Waals surface area (Å²) in [6.45, 7) is 1.42. The van der Waals surface area contributed by atoms with Crippen LogP contribution in [0.5, 0.6) is 11.5 Å². The molecule has 1 heterocycles. The van der Waals surface area contributed by atoms with Crippen LogP contribution in [0.1, 0.15) is 12.0 Å². The van der Waals surface area contributed by atoms with Gasteiger partial charge in [0.25, 0.3) is 5.91 Å². The molecular weight excluding hydrogens is 390 g/mol. The summed E-state index contributed by atoms with van der Waals surface area (Å²) in [6.07, 6.45) is 3.74. The normalized spacial score (nSPS) is 13.0. The van der Waals surface area contributed by atoms with E-state index in [1.54, 1.807) is 17.8 Å². The molecule has 6 nitrogen and oxygen atoms in total. The molecule has 0 fully saturated rings. The number of ether oxygens (including phenoxy) is 3. The van der Waals surface area contributed by atoms with Crippen molar-refractivity contribution in [1.82, 2.24) is 5.32 Å². The third-order valence-electron chi connectivity index (χ3n) is 3.97. The molecule has 7 heteroatoms. The van der Waals surface area contributed by atoms with Gasteiger partial charge in [-0.05, 0) is 35.9 Å². The summed E-state index contributed by atoms with van der Waals surface area (Å²) in [5.74, 6) is 1.20. The summed E-state index contributed by atoms with van der Waals surface area (Å²) in [5.41, 5.74) is 0.786. The summed E-state index contributed by atoms with van der Waals surface area (Å²) in [6, 6.07) is 15.4. The molecule has 0 unspecified atom stereocenters. The van der Waals surface area contributed by atoms with Crippen LogP contribution in [0.15, 0.2) is 59.5 Å². The van der Waals surface area contributed by atoms with Gasteiger partial charge in [-0.3, -0.25) is 4.79 Å². The van der Waals surface area contributed by atoms with Gasteiger partial charge in [-0.1, -0.05) is 24.3 Å². The number of hydrogen-bond donors (Lipinski definition) is 1. The van der Waals surface area contributed by atoms with Crippen LogP contribution in [0.25, 0.3) is 6.08 Å². The standard InChI is InChI=1S/C22H23NO5S/c24-21(23-11-14-29-18-5-2-1-3-6-18)16-28-22(25)10-8-17-7-9-19-20(15-17)27-13-4-12-26-19/h1-3,5-10,15H,4,11-14,16H2,(H,23,24)/b10-8+. The smallest absolute Gasteiger partial charge is 0.331 e. The summed E-state index contributed by atoms with van der Waals surface area (Å²) in [7, 11) is 0. The van der Waals surface area contributed by atoms with Crippen molar-refractivity contribution in [3.8, 4) is 11.5 Å². The predicted octanol–water partition coefficient (Wildman–Crippen LogP) is 3.31. The van der Waals surface area contributed by atoms with E-state index in [1.807, 2.05) is 48.5 Å². The highest BCUT2D eigenvalue weighted by Crippen LogP contribution is 2.30. The van der Waals surface area contributed by atoms with Gasteiger partial charge < -0.3 is 19.5 Å². The maximum Gasteiger partial charge on any atom is 0.331 e. The topological polar surface area (TPSA) is 73.9 Å². The number of benzene rings is 2. The van der Waals surface area contributed by atoms with Crippen LogP contribution < -0.4 is 14.8 Å². The van der Waals surface area contributed by atoms with Crippen LogP contribution in [0.4, 0.5) is 0 Å². The lowest BCUT2D eigenvalue weighted by atomic mass is 10.2. The van der Waals surface area contributed by atoms with E-state index >= 15 is 0 Å². The Labute approximate surface area is 174 Å². The molecule has 2 aromatic rings. The fraction of sp³-hybridized carbons (Fsp3) is 0.273. The summed E-state index contributed by atoms with van der Waals surface area (Å²) >= 11 is 1.65. The van der Waals surface area contributed by atoms with Crippen LogP contribution in [0.2, 0.25) is 0 Å². The molecular formula is C22H23NO5S. The minimum Gasteiger partial charge on any atom is -0.490 e. The van der Waals surface area contributed by atoms with Crippen molar-refractivity contribution in [2.75, 3.05) is 32.1 Å². The molecule has 0 spiro atoms. The van der Waals surface area contributed by atoms with Gasteiger partial charge in [-0.2, -0.15) is 0 Å². The molecule has 0 saturated carbocycles. The van der Waals surface area contributed by atoms with Crippen LogP contribution >= 0.6 is 11.8 Å². The van der Waals surface area contributed by atoms with Gasteiger partial charge in [-0.25, -0.2) is 4.79 Å². The Bertz CT molecular complexity index is 854. The molecule has 0 saturated heterocycles. The lowest BCUT2D eigenvalue weighted by Crippen LogP contribution is -2.30. The fourth-order valence-corrected chi connectivity index (χ4v) is 3.35. The Morgan fingerprint density at radius 1 is 1.07 bits per heavy atom. The van der Waals surface area contributed by atoms with E-state index in [9.17, 15) is 9.59 Å². The van der Waals surface area contributed by atoms with Gasteiger partial charge in [0.2, 0.25) is 0 Å². The van der Waals surface area contributed by atoms with Crippen molar-refractivity contribution in [1.29, 1.82) is 0 Å². The molecule has 0 radical (unpaired) electrons. The molecule has 29 heavy (non-hydrogen) atoms. The first kappa shape index (κ1) is 20.8. The average Bonchev–Trinajstić information content (AvgIpc) is 2.99. The number of fused-ring (bicyclic) bond motifs is 1. The molecule has 0 aliphatic carbocycles. The lowest BCUT2D eigenvalue weighted by molar-refractivity contribution is -0.143. The van der Waals surface area contributed by atoms with Crippen molar-refractivity contribution in [3.63, 3.8) is 0 Å². The number of nitrogens with one attached hydrogen (secondary N) is 1. The third-order valence-corrected chi connectivity index (χ3v) is 4.98. The van der Waals surface area contributed by atoms with Crippen molar-refractivity contribution in [3.05, 3.63) is 60.2 Å². The van der Waals surface area contributed by atoms with Gasteiger partial charge in [0, 0.05) is 29.7 Å². The second kappa shape index (κ2) is 11.2. The van der Waals surface area contributed by atoms with E-state index in [4.69, 9.17) is 14.2 Å². The first-order valence-electron chi connectivity index (χ1n) is 9.40. The maximum atomic E-state index is 11.8. The van der Waals surface area contributed by atoms with Crippen molar-refractivity contribution in [2.45, 2.75) is 11.3 Å². The van der Waals surface area contributed by atoms with E-state index in [0.29, 0.717) is 31.3 Å². The second-order valence-corrected chi connectivity index (χ2v) is 7.38. The number of esters is 1. The van der Waals surface area contributed by atoms with Gasteiger partial charge >= 0.3 is 5.97 Å². The number of rotatable bonds is 8. The zero-order valence-corrected chi connectivity index (χ0v) is 16.8. The minimum atomic E-state index is -0.578. The summed E-state index contributed by atoms with van der Waals surface area (Å²) in [5, 5.41) is 2.73. The Hall–Kier alpha value is -2.93. The van der Waals surface area contributed by atoms with Crippen LogP contribution in [0, 0.1) is 0 Å². The molecule has 1 aliphatic rings. The maximum absolute atomic E-state index is 11.8.